The maximum Gasteiger partial charge on any atom is 0.193 e. The third-order valence-electron chi connectivity index (χ3n) is 2.59. The van der Waals surface area contributed by atoms with E-state index in [4.69, 9.17) is 0 Å². The Hall–Kier alpha value is -0.780. The molecule has 0 aromatic heterocycles. The number of halogens is 1. The van der Waals surface area contributed by atoms with Crippen molar-refractivity contribution in [1.29, 1.82) is 0 Å². The van der Waals surface area contributed by atoms with Gasteiger partial charge in [0.1, 0.15) is 0 Å². The number of nitrogens with zero attached hydrogens (tertiary/aromatic N) is 2. The standard InChI is InChI=1S/C13H19N3.HI/c1-16(2)13(15-12-8-9-12)14-10-11-6-4-3-5-7-11;/h3-7,12H,8-10H2,1-2H3,(H,14,15);1H. The molecule has 4 heteroatoms. The lowest BCUT2D eigenvalue weighted by atomic mass is 10.2. The van der Waals surface area contributed by atoms with E-state index in [-0.39, 0.29) is 24.0 Å². The predicted octanol–water partition coefficient (Wildman–Crippen LogP) is 2.47. The van der Waals surface area contributed by atoms with E-state index in [1.54, 1.807) is 0 Å². The molecule has 94 valence electrons. The van der Waals surface area contributed by atoms with Crippen LogP contribution in [0, 0.1) is 0 Å². The van der Waals surface area contributed by atoms with Crippen LogP contribution in [0.3, 0.4) is 0 Å². The van der Waals surface area contributed by atoms with Crippen LogP contribution in [0.5, 0.6) is 0 Å². The summed E-state index contributed by atoms with van der Waals surface area (Å²) >= 11 is 0. The summed E-state index contributed by atoms with van der Waals surface area (Å²) in [6.07, 6.45) is 2.55. The summed E-state index contributed by atoms with van der Waals surface area (Å²) in [5.41, 5.74) is 1.25. The van der Waals surface area contributed by atoms with E-state index in [2.05, 4.69) is 34.6 Å². The Morgan fingerprint density at radius 2 is 1.94 bits per heavy atom. The Balaban J connectivity index is 0.00000144. The minimum atomic E-state index is 0. The Morgan fingerprint density at radius 3 is 2.47 bits per heavy atom. The van der Waals surface area contributed by atoms with Gasteiger partial charge < -0.3 is 10.2 Å². The van der Waals surface area contributed by atoms with Crippen LogP contribution in [0.1, 0.15) is 18.4 Å². The van der Waals surface area contributed by atoms with Gasteiger partial charge in [-0.05, 0) is 18.4 Å². The van der Waals surface area contributed by atoms with Gasteiger partial charge in [-0.3, -0.25) is 0 Å². The Labute approximate surface area is 120 Å². The minimum Gasteiger partial charge on any atom is -0.354 e. The third kappa shape index (κ3) is 4.93. The van der Waals surface area contributed by atoms with Crippen LogP contribution in [0.2, 0.25) is 0 Å². The summed E-state index contributed by atoms with van der Waals surface area (Å²) in [6.45, 7) is 0.744. The molecule has 1 aromatic rings. The third-order valence-corrected chi connectivity index (χ3v) is 2.59. The first-order valence-corrected chi connectivity index (χ1v) is 5.78. The molecule has 1 fully saturated rings. The van der Waals surface area contributed by atoms with Gasteiger partial charge in [-0.15, -0.1) is 24.0 Å². The number of rotatable bonds is 3. The van der Waals surface area contributed by atoms with Crippen molar-refractivity contribution in [2.75, 3.05) is 14.1 Å². The van der Waals surface area contributed by atoms with E-state index < -0.39 is 0 Å². The highest BCUT2D eigenvalue weighted by Crippen LogP contribution is 2.18. The van der Waals surface area contributed by atoms with E-state index in [0.717, 1.165) is 12.5 Å². The predicted molar refractivity (Wildman–Crippen MR) is 82.8 cm³/mol. The summed E-state index contributed by atoms with van der Waals surface area (Å²) in [5, 5.41) is 3.44. The summed E-state index contributed by atoms with van der Waals surface area (Å²) in [5.74, 6) is 0.992. The quantitative estimate of drug-likeness (QED) is 0.518. The van der Waals surface area contributed by atoms with Crippen molar-refractivity contribution in [2.45, 2.75) is 25.4 Å². The molecule has 0 spiro atoms. The lowest BCUT2D eigenvalue weighted by Crippen LogP contribution is -2.37. The molecule has 0 aliphatic heterocycles. The van der Waals surface area contributed by atoms with Crippen LogP contribution in [0.25, 0.3) is 0 Å². The molecule has 0 unspecified atom stereocenters. The van der Waals surface area contributed by atoms with Gasteiger partial charge in [0, 0.05) is 20.1 Å². The zero-order valence-corrected chi connectivity index (χ0v) is 12.7. The molecule has 0 saturated heterocycles. The van der Waals surface area contributed by atoms with Crippen molar-refractivity contribution < 1.29 is 0 Å². The fourth-order valence-corrected chi connectivity index (χ4v) is 1.48. The number of guanidine groups is 1. The Bertz CT molecular complexity index is 358. The molecule has 1 saturated carbocycles. The maximum absolute atomic E-state index is 4.61. The molecule has 0 amide bonds. The molecule has 3 nitrogen and oxygen atoms in total. The number of benzene rings is 1. The number of aliphatic imine (C=N–C) groups is 1. The van der Waals surface area contributed by atoms with Gasteiger partial charge in [0.15, 0.2) is 5.96 Å². The molecule has 0 heterocycles. The zero-order chi connectivity index (χ0) is 11.4. The second-order valence-corrected chi connectivity index (χ2v) is 4.44. The normalized spacial score (nSPS) is 15.1. The summed E-state index contributed by atoms with van der Waals surface area (Å²) in [6, 6.07) is 11.0. The van der Waals surface area contributed by atoms with Crippen LogP contribution in [-0.4, -0.2) is 31.0 Å². The minimum absolute atomic E-state index is 0. The topological polar surface area (TPSA) is 27.6 Å². The van der Waals surface area contributed by atoms with E-state index in [0.29, 0.717) is 6.04 Å². The van der Waals surface area contributed by atoms with Crippen LogP contribution in [-0.2, 0) is 6.54 Å². The first kappa shape index (κ1) is 14.3. The molecule has 2 rings (SSSR count). The van der Waals surface area contributed by atoms with Crippen molar-refractivity contribution in [2.24, 2.45) is 4.99 Å². The van der Waals surface area contributed by atoms with Crippen LogP contribution >= 0.6 is 24.0 Å². The van der Waals surface area contributed by atoms with Gasteiger partial charge in [-0.2, -0.15) is 0 Å². The fraction of sp³-hybridized carbons (Fsp3) is 0.462. The first-order valence-electron chi connectivity index (χ1n) is 5.78. The van der Waals surface area contributed by atoms with Gasteiger partial charge in [0.25, 0.3) is 0 Å². The average Bonchev–Trinajstić information content (AvgIpc) is 3.09. The molecule has 17 heavy (non-hydrogen) atoms. The Morgan fingerprint density at radius 1 is 1.29 bits per heavy atom. The van der Waals surface area contributed by atoms with Gasteiger partial charge in [0.2, 0.25) is 0 Å². The van der Waals surface area contributed by atoms with Crippen molar-refractivity contribution in [3.8, 4) is 0 Å². The molecule has 0 atom stereocenters. The van der Waals surface area contributed by atoms with Crippen molar-refractivity contribution in [3.05, 3.63) is 35.9 Å². The average molecular weight is 345 g/mol. The highest BCUT2D eigenvalue weighted by molar-refractivity contribution is 14.0. The van der Waals surface area contributed by atoms with Gasteiger partial charge in [0.05, 0.1) is 6.54 Å². The van der Waals surface area contributed by atoms with E-state index in [1.165, 1.54) is 18.4 Å². The van der Waals surface area contributed by atoms with Crippen molar-refractivity contribution in [3.63, 3.8) is 0 Å². The van der Waals surface area contributed by atoms with Crippen LogP contribution in [0.4, 0.5) is 0 Å². The highest BCUT2D eigenvalue weighted by Gasteiger charge is 2.22. The molecular formula is C13H20IN3. The largest absolute Gasteiger partial charge is 0.354 e. The van der Waals surface area contributed by atoms with Gasteiger partial charge in [-0.1, -0.05) is 30.3 Å². The highest BCUT2D eigenvalue weighted by atomic mass is 127. The first-order chi connectivity index (χ1) is 7.75. The van der Waals surface area contributed by atoms with E-state index in [9.17, 15) is 0 Å². The summed E-state index contributed by atoms with van der Waals surface area (Å²) < 4.78 is 0. The smallest absolute Gasteiger partial charge is 0.193 e. The van der Waals surface area contributed by atoms with E-state index >= 15 is 0 Å². The Kier molecular flexibility index (Phi) is 5.74. The molecule has 1 aliphatic carbocycles. The monoisotopic (exact) mass is 345 g/mol. The lowest BCUT2D eigenvalue weighted by molar-refractivity contribution is 0.578. The van der Waals surface area contributed by atoms with Gasteiger partial charge in [-0.25, -0.2) is 4.99 Å². The lowest BCUT2D eigenvalue weighted by Gasteiger charge is -2.17. The number of hydrogen-bond acceptors (Lipinski definition) is 1. The molecule has 0 radical (unpaired) electrons. The SMILES string of the molecule is CN(C)C(=NCc1ccccc1)NC1CC1.I. The molecular weight excluding hydrogens is 325 g/mol. The molecule has 1 N–H and O–H groups in total. The fourth-order valence-electron chi connectivity index (χ4n) is 1.48. The molecule has 0 bridgehead atoms. The summed E-state index contributed by atoms with van der Waals surface area (Å²) in [7, 11) is 4.05. The second-order valence-electron chi connectivity index (χ2n) is 4.44. The second kappa shape index (κ2) is 6.83. The van der Waals surface area contributed by atoms with Crippen LogP contribution in [0.15, 0.2) is 35.3 Å². The molecule has 1 aliphatic rings. The number of hydrogen-bond donors (Lipinski definition) is 1. The summed E-state index contributed by atoms with van der Waals surface area (Å²) in [4.78, 5) is 6.65. The maximum atomic E-state index is 4.61. The molecule has 1 aromatic carbocycles. The number of nitrogens with one attached hydrogen (secondary N) is 1. The van der Waals surface area contributed by atoms with Crippen LogP contribution < -0.4 is 5.32 Å². The van der Waals surface area contributed by atoms with Crippen molar-refractivity contribution >= 4 is 29.9 Å². The van der Waals surface area contributed by atoms with Crippen molar-refractivity contribution in [1.82, 2.24) is 10.2 Å². The zero-order valence-electron chi connectivity index (χ0n) is 10.4. The van der Waals surface area contributed by atoms with Gasteiger partial charge >= 0.3 is 0 Å². The van der Waals surface area contributed by atoms with E-state index in [1.807, 2.05) is 25.1 Å².